The Balaban J connectivity index is 3.52. The predicted molar refractivity (Wildman–Crippen MR) is 57.5 cm³/mol. The Morgan fingerprint density at radius 2 is 2.21 bits per heavy atom. The predicted octanol–water partition coefficient (Wildman–Crippen LogP) is 1.97. The van der Waals surface area contributed by atoms with E-state index in [4.69, 9.17) is 15.7 Å². The summed E-state index contributed by atoms with van der Waals surface area (Å²) >= 11 is 0. The molecule has 0 bridgehead atoms. The molecular formula is C10H22N2O2. The highest BCUT2D eigenvalue weighted by Gasteiger charge is 2.06. The van der Waals surface area contributed by atoms with Crippen LogP contribution in [-0.2, 0) is 4.74 Å². The van der Waals surface area contributed by atoms with Crippen molar-refractivity contribution in [1.29, 1.82) is 0 Å². The van der Waals surface area contributed by atoms with Crippen LogP contribution in [-0.4, -0.2) is 24.3 Å². The third kappa shape index (κ3) is 6.71. The van der Waals surface area contributed by atoms with E-state index in [0.717, 1.165) is 6.42 Å². The first-order valence-corrected chi connectivity index (χ1v) is 5.28. The van der Waals surface area contributed by atoms with Gasteiger partial charge >= 0.3 is 0 Å². The van der Waals surface area contributed by atoms with Crippen LogP contribution in [0.2, 0.25) is 0 Å². The van der Waals surface area contributed by atoms with Crippen LogP contribution in [0.1, 0.15) is 39.5 Å². The minimum atomic E-state index is 0.135. The molecule has 84 valence electrons. The summed E-state index contributed by atoms with van der Waals surface area (Å²) < 4.78 is 5.32. The highest BCUT2D eigenvalue weighted by atomic mass is 16.5. The van der Waals surface area contributed by atoms with Crippen LogP contribution in [0.15, 0.2) is 5.16 Å². The van der Waals surface area contributed by atoms with Crippen LogP contribution < -0.4 is 5.73 Å². The highest BCUT2D eigenvalue weighted by Crippen LogP contribution is 2.12. The normalized spacial score (nSPS) is 14.3. The fraction of sp³-hybridized carbons (Fsp3) is 0.900. The lowest BCUT2D eigenvalue weighted by atomic mass is 10.0. The molecule has 0 rings (SSSR count). The van der Waals surface area contributed by atoms with Gasteiger partial charge in [-0.2, -0.15) is 0 Å². The van der Waals surface area contributed by atoms with Gasteiger partial charge < -0.3 is 15.7 Å². The second kappa shape index (κ2) is 8.81. The Bertz CT molecular complexity index is 160. The average Bonchev–Trinajstić information content (AvgIpc) is 2.22. The van der Waals surface area contributed by atoms with Crippen molar-refractivity contribution in [1.82, 2.24) is 0 Å². The number of nitrogens with two attached hydrogens (primary N) is 1. The topological polar surface area (TPSA) is 67.8 Å². The Hall–Kier alpha value is -0.770. The first kappa shape index (κ1) is 13.2. The maximum Gasteiger partial charge on any atom is 0.165 e. The van der Waals surface area contributed by atoms with Crippen molar-refractivity contribution in [3.63, 3.8) is 0 Å². The standard InChI is InChI=1S/C10H22N2O2/c1-3-5-6-9(4-2)7-14-8-10(11)12-13/h9,13H,3-8H2,1-2H3,(H2,11,12). The molecule has 0 saturated heterocycles. The van der Waals surface area contributed by atoms with Crippen molar-refractivity contribution in [2.75, 3.05) is 13.2 Å². The number of unbranched alkanes of at least 4 members (excludes halogenated alkanes) is 1. The van der Waals surface area contributed by atoms with Gasteiger partial charge in [-0.05, 0) is 12.3 Å². The zero-order chi connectivity index (χ0) is 10.8. The van der Waals surface area contributed by atoms with Gasteiger partial charge in [0.05, 0.1) is 0 Å². The lowest BCUT2D eigenvalue weighted by Crippen LogP contribution is -2.21. The first-order chi connectivity index (χ1) is 6.74. The van der Waals surface area contributed by atoms with Crippen molar-refractivity contribution in [3.05, 3.63) is 0 Å². The van der Waals surface area contributed by atoms with Gasteiger partial charge in [-0.1, -0.05) is 38.3 Å². The van der Waals surface area contributed by atoms with Crippen molar-refractivity contribution in [2.24, 2.45) is 16.8 Å². The molecule has 0 saturated carbocycles. The first-order valence-electron chi connectivity index (χ1n) is 5.28. The maximum absolute atomic E-state index is 8.28. The molecule has 4 nitrogen and oxygen atoms in total. The lowest BCUT2D eigenvalue weighted by molar-refractivity contribution is 0.121. The minimum Gasteiger partial charge on any atom is -0.409 e. The quantitative estimate of drug-likeness (QED) is 0.274. The smallest absolute Gasteiger partial charge is 0.165 e. The third-order valence-corrected chi connectivity index (χ3v) is 2.28. The Labute approximate surface area is 86.1 Å². The molecule has 0 aliphatic carbocycles. The largest absolute Gasteiger partial charge is 0.409 e. The molecule has 0 aliphatic heterocycles. The molecule has 14 heavy (non-hydrogen) atoms. The van der Waals surface area contributed by atoms with Crippen LogP contribution in [0.25, 0.3) is 0 Å². The Kier molecular flexibility index (Phi) is 8.33. The van der Waals surface area contributed by atoms with Crippen LogP contribution in [0, 0.1) is 5.92 Å². The molecule has 0 radical (unpaired) electrons. The summed E-state index contributed by atoms with van der Waals surface area (Å²) in [5.41, 5.74) is 5.28. The summed E-state index contributed by atoms with van der Waals surface area (Å²) in [7, 11) is 0. The van der Waals surface area contributed by atoms with E-state index < -0.39 is 0 Å². The lowest BCUT2D eigenvalue weighted by Gasteiger charge is -2.13. The molecule has 0 aromatic carbocycles. The Morgan fingerprint density at radius 3 is 2.71 bits per heavy atom. The molecule has 0 amide bonds. The van der Waals surface area contributed by atoms with E-state index in [1.807, 2.05) is 0 Å². The molecule has 0 aromatic rings. The molecular weight excluding hydrogens is 180 g/mol. The van der Waals surface area contributed by atoms with E-state index >= 15 is 0 Å². The zero-order valence-corrected chi connectivity index (χ0v) is 9.20. The molecule has 0 spiro atoms. The molecule has 1 atom stereocenters. The number of oxime groups is 1. The fourth-order valence-electron chi connectivity index (χ4n) is 1.26. The summed E-state index contributed by atoms with van der Waals surface area (Å²) in [6.45, 7) is 5.27. The number of ether oxygens (including phenoxy) is 1. The molecule has 0 heterocycles. The monoisotopic (exact) mass is 202 g/mol. The van der Waals surface area contributed by atoms with Gasteiger partial charge in [0.25, 0.3) is 0 Å². The van der Waals surface area contributed by atoms with Crippen molar-refractivity contribution < 1.29 is 9.94 Å². The number of nitrogens with zero attached hydrogens (tertiary/aromatic N) is 1. The average molecular weight is 202 g/mol. The number of amidine groups is 1. The Morgan fingerprint density at radius 1 is 1.50 bits per heavy atom. The van der Waals surface area contributed by atoms with Gasteiger partial charge in [-0.15, -0.1) is 0 Å². The second-order valence-electron chi connectivity index (χ2n) is 3.52. The van der Waals surface area contributed by atoms with E-state index in [1.165, 1.54) is 19.3 Å². The molecule has 0 aliphatic rings. The summed E-state index contributed by atoms with van der Waals surface area (Å²) in [6, 6.07) is 0. The molecule has 3 N–H and O–H groups in total. The molecule has 0 fully saturated rings. The molecule has 4 heteroatoms. The van der Waals surface area contributed by atoms with E-state index in [-0.39, 0.29) is 12.4 Å². The van der Waals surface area contributed by atoms with Crippen molar-refractivity contribution >= 4 is 5.84 Å². The highest BCUT2D eigenvalue weighted by molar-refractivity contribution is 5.80. The fourth-order valence-corrected chi connectivity index (χ4v) is 1.26. The van der Waals surface area contributed by atoms with E-state index in [1.54, 1.807) is 0 Å². The van der Waals surface area contributed by atoms with E-state index in [0.29, 0.717) is 12.5 Å². The van der Waals surface area contributed by atoms with Gasteiger partial charge in [0.15, 0.2) is 5.84 Å². The van der Waals surface area contributed by atoms with Crippen LogP contribution >= 0.6 is 0 Å². The molecule has 0 aromatic heterocycles. The second-order valence-corrected chi connectivity index (χ2v) is 3.52. The SMILES string of the molecule is CCCCC(CC)COC/C(N)=N/O. The van der Waals surface area contributed by atoms with Gasteiger partial charge in [0.2, 0.25) is 0 Å². The van der Waals surface area contributed by atoms with Crippen molar-refractivity contribution in [2.45, 2.75) is 39.5 Å². The summed E-state index contributed by atoms with van der Waals surface area (Å²) in [5, 5.41) is 11.1. The van der Waals surface area contributed by atoms with Crippen LogP contribution in [0.3, 0.4) is 0 Å². The summed E-state index contributed by atoms with van der Waals surface area (Å²) in [6.07, 6.45) is 4.78. The number of hydrogen-bond donors (Lipinski definition) is 2. The van der Waals surface area contributed by atoms with Gasteiger partial charge in [-0.3, -0.25) is 0 Å². The third-order valence-electron chi connectivity index (χ3n) is 2.28. The number of hydrogen-bond acceptors (Lipinski definition) is 3. The van der Waals surface area contributed by atoms with Crippen LogP contribution in [0.4, 0.5) is 0 Å². The summed E-state index contributed by atoms with van der Waals surface area (Å²) in [4.78, 5) is 0. The van der Waals surface area contributed by atoms with Crippen LogP contribution in [0.5, 0.6) is 0 Å². The van der Waals surface area contributed by atoms with E-state index in [9.17, 15) is 0 Å². The minimum absolute atomic E-state index is 0.135. The zero-order valence-electron chi connectivity index (χ0n) is 9.20. The van der Waals surface area contributed by atoms with Gasteiger partial charge in [-0.25, -0.2) is 0 Å². The summed E-state index contributed by atoms with van der Waals surface area (Å²) in [5.74, 6) is 0.733. The van der Waals surface area contributed by atoms with Gasteiger partial charge in [0, 0.05) is 6.61 Å². The van der Waals surface area contributed by atoms with Crippen molar-refractivity contribution in [3.8, 4) is 0 Å². The maximum atomic E-state index is 8.28. The van der Waals surface area contributed by atoms with Gasteiger partial charge in [0.1, 0.15) is 6.61 Å². The number of rotatable bonds is 8. The molecule has 1 unspecified atom stereocenters. The van der Waals surface area contributed by atoms with E-state index in [2.05, 4.69) is 19.0 Å².